The van der Waals surface area contributed by atoms with Crippen molar-refractivity contribution in [3.63, 3.8) is 0 Å². The van der Waals surface area contributed by atoms with Gasteiger partial charge >= 0.3 is 0 Å². The molecule has 0 unspecified atom stereocenters. The number of aromatic nitrogens is 4. The first-order valence-electron chi connectivity index (χ1n) is 6.01. The van der Waals surface area contributed by atoms with Crippen molar-refractivity contribution in [2.45, 2.75) is 6.54 Å². The van der Waals surface area contributed by atoms with Crippen LogP contribution in [0.25, 0.3) is 5.82 Å². The lowest BCUT2D eigenvalue weighted by atomic mass is 10.3. The molecule has 0 aliphatic rings. The van der Waals surface area contributed by atoms with Crippen LogP contribution in [0.3, 0.4) is 0 Å². The summed E-state index contributed by atoms with van der Waals surface area (Å²) >= 11 is 0. The zero-order valence-electron chi connectivity index (χ0n) is 10.3. The molecule has 5 heteroatoms. The van der Waals surface area contributed by atoms with Crippen LogP contribution in [-0.4, -0.2) is 19.7 Å². The number of nitrogens with zero attached hydrogens (tertiary/aromatic N) is 4. The van der Waals surface area contributed by atoms with E-state index in [0.29, 0.717) is 0 Å². The molecular formula is C14H13N5. The molecule has 3 rings (SSSR count). The second-order valence-electron chi connectivity index (χ2n) is 4.07. The van der Waals surface area contributed by atoms with E-state index in [-0.39, 0.29) is 0 Å². The third-order valence-corrected chi connectivity index (χ3v) is 2.71. The summed E-state index contributed by atoms with van der Waals surface area (Å²) in [6.07, 6.45) is 9.01. The van der Waals surface area contributed by atoms with Gasteiger partial charge < -0.3 is 5.32 Å². The summed E-state index contributed by atoms with van der Waals surface area (Å²) in [6, 6.07) is 9.75. The number of hydrogen-bond donors (Lipinski definition) is 1. The third kappa shape index (κ3) is 2.77. The largest absolute Gasteiger partial charge is 0.380 e. The quantitative estimate of drug-likeness (QED) is 0.773. The maximum Gasteiger partial charge on any atom is 0.153 e. The molecule has 3 heterocycles. The molecule has 0 saturated carbocycles. The van der Waals surface area contributed by atoms with Gasteiger partial charge in [0.25, 0.3) is 0 Å². The predicted octanol–water partition coefficient (Wildman–Crippen LogP) is 2.27. The van der Waals surface area contributed by atoms with E-state index < -0.39 is 0 Å². The Morgan fingerprint density at radius 1 is 1.05 bits per heavy atom. The fraction of sp³-hybridized carbons (Fsp3) is 0.0714. The van der Waals surface area contributed by atoms with Gasteiger partial charge in [-0.3, -0.25) is 4.98 Å². The lowest BCUT2D eigenvalue weighted by molar-refractivity contribution is 0.847. The molecule has 1 N–H and O–H groups in total. The van der Waals surface area contributed by atoms with Crippen LogP contribution in [0.4, 0.5) is 5.69 Å². The molecule has 0 aliphatic carbocycles. The summed E-state index contributed by atoms with van der Waals surface area (Å²) < 4.78 is 1.73. The van der Waals surface area contributed by atoms with E-state index >= 15 is 0 Å². The standard InChI is InChI=1S/C14H13N5/c1-3-12(9-15-6-1)10-16-13-4-5-14(17-11-13)19-8-2-7-18-19/h1-9,11,16H,10H2. The highest BCUT2D eigenvalue weighted by Crippen LogP contribution is 2.10. The number of hydrogen-bond acceptors (Lipinski definition) is 4. The highest BCUT2D eigenvalue weighted by molar-refractivity contribution is 5.43. The Bertz CT molecular complexity index is 617. The molecule has 3 aromatic rings. The molecule has 3 aromatic heterocycles. The summed E-state index contributed by atoms with van der Waals surface area (Å²) in [6.45, 7) is 0.733. The van der Waals surface area contributed by atoms with E-state index in [1.807, 2.05) is 42.7 Å². The van der Waals surface area contributed by atoms with Crippen LogP contribution in [0, 0.1) is 0 Å². The van der Waals surface area contributed by atoms with Crippen molar-refractivity contribution in [3.8, 4) is 5.82 Å². The third-order valence-electron chi connectivity index (χ3n) is 2.71. The summed E-state index contributed by atoms with van der Waals surface area (Å²) in [7, 11) is 0. The van der Waals surface area contributed by atoms with Gasteiger partial charge in [0.2, 0.25) is 0 Å². The molecule has 0 radical (unpaired) electrons. The Hall–Kier alpha value is -2.69. The van der Waals surface area contributed by atoms with E-state index in [2.05, 4.69) is 20.4 Å². The maximum absolute atomic E-state index is 4.36. The van der Waals surface area contributed by atoms with Crippen LogP contribution in [0.15, 0.2) is 61.3 Å². The summed E-state index contributed by atoms with van der Waals surface area (Å²) in [5.41, 5.74) is 2.11. The van der Waals surface area contributed by atoms with Crippen molar-refractivity contribution < 1.29 is 0 Å². The topological polar surface area (TPSA) is 55.6 Å². The van der Waals surface area contributed by atoms with E-state index in [0.717, 1.165) is 23.6 Å². The first kappa shape index (κ1) is 11.4. The van der Waals surface area contributed by atoms with Gasteiger partial charge in [-0.2, -0.15) is 5.10 Å². The number of pyridine rings is 2. The van der Waals surface area contributed by atoms with Gasteiger partial charge in [-0.15, -0.1) is 0 Å². The summed E-state index contributed by atoms with van der Waals surface area (Å²) in [5, 5.41) is 7.44. The van der Waals surface area contributed by atoms with Crippen LogP contribution in [-0.2, 0) is 6.54 Å². The molecule has 0 fully saturated rings. The normalized spacial score (nSPS) is 10.3. The molecule has 5 nitrogen and oxygen atoms in total. The smallest absolute Gasteiger partial charge is 0.153 e. The van der Waals surface area contributed by atoms with Gasteiger partial charge in [-0.05, 0) is 29.8 Å². The Morgan fingerprint density at radius 3 is 2.74 bits per heavy atom. The first-order chi connectivity index (χ1) is 9.42. The number of rotatable bonds is 4. The van der Waals surface area contributed by atoms with E-state index in [1.165, 1.54) is 0 Å². The van der Waals surface area contributed by atoms with Crippen molar-refractivity contribution in [2.24, 2.45) is 0 Å². The molecule has 0 spiro atoms. The maximum atomic E-state index is 4.36. The fourth-order valence-electron chi connectivity index (χ4n) is 1.74. The number of anilines is 1. The van der Waals surface area contributed by atoms with Crippen LogP contribution in [0.5, 0.6) is 0 Å². The second-order valence-corrected chi connectivity index (χ2v) is 4.07. The lowest BCUT2D eigenvalue weighted by Crippen LogP contribution is -2.02. The SMILES string of the molecule is c1cncc(CNc2ccc(-n3cccn3)nc2)c1. The molecule has 19 heavy (non-hydrogen) atoms. The number of nitrogens with one attached hydrogen (secondary N) is 1. The average molecular weight is 251 g/mol. The van der Waals surface area contributed by atoms with Crippen LogP contribution in [0.1, 0.15) is 5.56 Å². The molecule has 0 saturated heterocycles. The van der Waals surface area contributed by atoms with E-state index in [4.69, 9.17) is 0 Å². The molecule has 0 amide bonds. The first-order valence-corrected chi connectivity index (χ1v) is 6.01. The minimum atomic E-state index is 0.733. The molecule has 0 atom stereocenters. The van der Waals surface area contributed by atoms with Gasteiger partial charge in [-0.25, -0.2) is 9.67 Å². The van der Waals surface area contributed by atoms with Crippen LogP contribution < -0.4 is 5.32 Å². The average Bonchev–Trinajstić information content (AvgIpc) is 3.01. The summed E-state index contributed by atoms with van der Waals surface area (Å²) in [5.74, 6) is 0.803. The van der Waals surface area contributed by atoms with Gasteiger partial charge in [-0.1, -0.05) is 6.07 Å². The Kier molecular flexibility index (Phi) is 3.18. The van der Waals surface area contributed by atoms with Crippen molar-refractivity contribution in [2.75, 3.05) is 5.32 Å². The van der Waals surface area contributed by atoms with Crippen molar-refractivity contribution in [1.29, 1.82) is 0 Å². The molecular weight excluding hydrogens is 238 g/mol. The van der Waals surface area contributed by atoms with Crippen LogP contribution >= 0.6 is 0 Å². The van der Waals surface area contributed by atoms with E-state index in [9.17, 15) is 0 Å². The van der Waals surface area contributed by atoms with Crippen molar-refractivity contribution >= 4 is 5.69 Å². The van der Waals surface area contributed by atoms with Gasteiger partial charge in [0.05, 0.1) is 11.9 Å². The van der Waals surface area contributed by atoms with Gasteiger partial charge in [0.15, 0.2) is 5.82 Å². The minimum absolute atomic E-state index is 0.733. The highest BCUT2D eigenvalue weighted by Gasteiger charge is 1.98. The molecule has 94 valence electrons. The predicted molar refractivity (Wildman–Crippen MR) is 72.9 cm³/mol. The minimum Gasteiger partial charge on any atom is -0.380 e. The molecule has 0 aromatic carbocycles. The lowest BCUT2D eigenvalue weighted by Gasteiger charge is -2.06. The monoisotopic (exact) mass is 251 g/mol. The van der Waals surface area contributed by atoms with Gasteiger partial charge in [0, 0.05) is 31.3 Å². The molecule has 0 bridgehead atoms. The second kappa shape index (κ2) is 5.30. The molecule has 0 aliphatic heterocycles. The zero-order chi connectivity index (χ0) is 12.9. The Labute approximate surface area is 111 Å². The van der Waals surface area contributed by atoms with Crippen LogP contribution in [0.2, 0.25) is 0 Å². The van der Waals surface area contributed by atoms with Crippen molar-refractivity contribution in [1.82, 2.24) is 19.7 Å². The van der Waals surface area contributed by atoms with Gasteiger partial charge in [0.1, 0.15) is 0 Å². The fourth-order valence-corrected chi connectivity index (χ4v) is 1.74. The van der Waals surface area contributed by atoms with Crippen molar-refractivity contribution in [3.05, 3.63) is 66.9 Å². The zero-order valence-corrected chi connectivity index (χ0v) is 10.3. The highest BCUT2D eigenvalue weighted by atomic mass is 15.3. The summed E-state index contributed by atoms with van der Waals surface area (Å²) in [4.78, 5) is 8.43. The Balaban J connectivity index is 1.67. The Morgan fingerprint density at radius 2 is 2.05 bits per heavy atom. The van der Waals surface area contributed by atoms with E-state index in [1.54, 1.807) is 23.3 Å².